The number of carbonyl (C=O) groups excluding carboxylic acids is 1. The summed E-state index contributed by atoms with van der Waals surface area (Å²) in [4.78, 5) is 22.4. The van der Waals surface area contributed by atoms with Crippen molar-refractivity contribution in [3.8, 4) is 0 Å². The van der Waals surface area contributed by atoms with Crippen LogP contribution in [0.2, 0.25) is 0 Å². The summed E-state index contributed by atoms with van der Waals surface area (Å²) in [5, 5.41) is 10.0. The van der Waals surface area contributed by atoms with Crippen LogP contribution in [0.1, 0.15) is 18.6 Å². The highest BCUT2D eigenvalue weighted by atomic mass is 19.4. The van der Waals surface area contributed by atoms with E-state index in [0.29, 0.717) is 6.54 Å². The molecule has 25 heavy (non-hydrogen) atoms. The van der Waals surface area contributed by atoms with Gasteiger partial charge in [-0.25, -0.2) is 4.79 Å². The molecular weight excluding hydrogens is 345 g/mol. The molecule has 2 N–H and O–H groups in total. The van der Waals surface area contributed by atoms with E-state index in [1.807, 2.05) is 12.1 Å². The number of nitrogens with zero attached hydrogens (tertiary/aromatic N) is 1. The Morgan fingerprint density at radius 2 is 2.00 bits per heavy atom. The molecule has 0 atom stereocenters. The fourth-order valence-electron chi connectivity index (χ4n) is 2.64. The Morgan fingerprint density at radius 3 is 2.44 bits per heavy atom. The van der Waals surface area contributed by atoms with Crippen molar-refractivity contribution < 1.29 is 37.0 Å². The molecule has 2 aliphatic heterocycles. The summed E-state index contributed by atoms with van der Waals surface area (Å²) in [6, 6.07) is 3.92. The van der Waals surface area contributed by atoms with Gasteiger partial charge in [-0.3, -0.25) is 9.69 Å². The van der Waals surface area contributed by atoms with Gasteiger partial charge in [0.15, 0.2) is 0 Å². The van der Waals surface area contributed by atoms with Crippen molar-refractivity contribution in [2.24, 2.45) is 0 Å². The van der Waals surface area contributed by atoms with Gasteiger partial charge in [0.25, 0.3) is 0 Å². The lowest BCUT2D eigenvalue weighted by Gasteiger charge is -2.43. The topological polar surface area (TPSA) is 92.0 Å². The summed E-state index contributed by atoms with van der Waals surface area (Å²) < 4.78 is 42.8. The maximum atomic E-state index is 11.1. The van der Waals surface area contributed by atoms with Crippen LogP contribution in [-0.2, 0) is 20.9 Å². The molecule has 0 radical (unpaired) electrons. The first kappa shape index (κ1) is 19.3. The van der Waals surface area contributed by atoms with E-state index in [0.717, 1.165) is 38.2 Å². The monoisotopic (exact) mass is 364 g/mol. The summed E-state index contributed by atoms with van der Waals surface area (Å²) in [5.41, 5.74) is -0.131. The molecule has 3 rings (SSSR count). The predicted molar refractivity (Wildman–Crippen MR) is 78.6 cm³/mol. The molecule has 0 saturated carbocycles. The molecule has 2 fully saturated rings. The third kappa shape index (κ3) is 5.75. The number of nitrogens with one attached hydrogen (secondary N) is 1. The number of hydrogen-bond acceptors (Lipinski definition) is 5. The standard InChI is InChI=1S/C13H18N2O3.C2HF3O2/c16-12-9-18-13(10-14-12)3-5-15(6-4-13)8-11-2-1-7-17-11;3-2(4,5)1(6)7/h1-2,7H,3-6,8-10H2,(H,14,16);(H,6,7). The van der Waals surface area contributed by atoms with Gasteiger partial charge in [-0.1, -0.05) is 0 Å². The molecular formula is C15H19F3N2O5. The van der Waals surface area contributed by atoms with Gasteiger partial charge in [0.1, 0.15) is 12.4 Å². The van der Waals surface area contributed by atoms with E-state index >= 15 is 0 Å². The molecule has 1 aromatic heterocycles. The molecule has 140 valence electrons. The fraction of sp³-hybridized carbons (Fsp3) is 0.600. The number of morpholine rings is 1. The lowest BCUT2D eigenvalue weighted by Crippen LogP contribution is -2.57. The summed E-state index contributed by atoms with van der Waals surface area (Å²) in [5.74, 6) is -1.75. The summed E-state index contributed by atoms with van der Waals surface area (Å²) >= 11 is 0. The Bertz CT molecular complexity index is 568. The molecule has 1 spiro atoms. The van der Waals surface area contributed by atoms with Gasteiger partial charge in [-0.15, -0.1) is 0 Å². The first-order chi connectivity index (χ1) is 11.7. The average Bonchev–Trinajstić information content (AvgIpc) is 3.05. The number of piperidine rings is 1. The first-order valence-electron chi connectivity index (χ1n) is 7.66. The van der Waals surface area contributed by atoms with Crippen molar-refractivity contribution in [3.63, 3.8) is 0 Å². The molecule has 2 aliphatic rings. The number of aliphatic carboxylic acids is 1. The van der Waals surface area contributed by atoms with Gasteiger partial charge in [0.05, 0.1) is 18.4 Å². The van der Waals surface area contributed by atoms with E-state index in [1.54, 1.807) is 6.26 Å². The number of carboxylic acid groups (broad SMARTS) is 1. The number of carboxylic acids is 1. The summed E-state index contributed by atoms with van der Waals surface area (Å²) in [7, 11) is 0. The minimum atomic E-state index is -5.08. The van der Waals surface area contributed by atoms with Crippen molar-refractivity contribution in [2.45, 2.75) is 31.2 Å². The highest BCUT2D eigenvalue weighted by Gasteiger charge is 2.39. The quantitative estimate of drug-likeness (QED) is 0.824. The number of halogens is 3. The van der Waals surface area contributed by atoms with E-state index in [4.69, 9.17) is 19.1 Å². The van der Waals surface area contributed by atoms with Crippen molar-refractivity contribution in [2.75, 3.05) is 26.2 Å². The molecule has 7 nitrogen and oxygen atoms in total. The highest BCUT2D eigenvalue weighted by molar-refractivity contribution is 5.78. The smallest absolute Gasteiger partial charge is 0.475 e. The van der Waals surface area contributed by atoms with E-state index in [9.17, 15) is 18.0 Å². The van der Waals surface area contributed by atoms with Crippen LogP contribution in [0.5, 0.6) is 0 Å². The zero-order chi connectivity index (χ0) is 18.5. The fourth-order valence-corrected chi connectivity index (χ4v) is 2.64. The van der Waals surface area contributed by atoms with Gasteiger partial charge in [0, 0.05) is 19.6 Å². The van der Waals surface area contributed by atoms with Crippen LogP contribution in [-0.4, -0.2) is 59.9 Å². The van der Waals surface area contributed by atoms with E-state index in [-0.39, 0.29) is 18.1 Å². The van der Waals surface area contributed by atoms with Crippen LogP contribution in [0.3, 0.4) is 0 Å². The third-order valence-electron chi connectivity index (χ3n) is 4.09. The molecule has 10 heteroatoms. The molecule has 0 aromatic carbocycles. The van der Waals surface area contributed by atoms with Crippen molar-refractivity contribution in [1.82, 2.24) is 10.2 Å². The van der Waals surface area contributed by atoms with Crippen LogP contribution >= 0.6 is 0 Å². The van der Waals surface area contributed by atoms with Crippen LogP contribution in [0.15, 0.2) is 22.8 Å². The van der Waals surface area contributed by atoms with E-state index in [2.05, 4.69) is 10.2 Å². The maximum Gasteiger partial charge on any atom is 0.490 e. The maximum absolute atomic E-state index is 11.1. The van der Waals surface area contributed by atoms with Gasteiger partial charge in [-0.05, 0) is 25.0 Å². The van der Waals surface area contributed by atoms with Crippen LogP contribution in [0, 0.1) is 0 Å². The highest BCUT2D eigenvalue weighted by Crippen LogP contribution is 2.28. The SMILES string of the molecule is O=C(O)C(F)(F)F.O=C1COC2(CCN(Cc3ccco3)CC2)CN1. The van der Waals surface area contributed by atoms with E-state index < -0.39 is 12.1 Å². The number of rotatable bonds is 2. The molecule has 0 bridgehead atoms. The lowest BCUT2D eigenvalue weighted by atomic mass is 9.90. The number of alkyl halides is 3. The Morgan fingerprint density at radius 1 is 1.36 bits per heavy atom. The Kier molecular flexibility index (Phi) is 6.07. The van der Waals surface area contributed by atoms with Crippen LogP contribution in [0.4, 0.5) is 13.2 Å². The second-order valence-electron chi connectivity index (χ2n) is 5.91. The number of ether oxygens (including phenoxy) is 1. The second kappa shape index (κ2) is 7.87. The number of carbonyl (C=O) groups is 2. The van der Waals surface area contributed by atoms with Gasteiger partial charge >= 0.3 is 12.1 Å². The molecule has 2 saturated heterocycles. The van der Waals surface area contributed by atoms with E-state index in [1.165, 1.54) is 0 Å². The molecule has 1 aromatic rings. The molecule has 3 heterocycles. The minimum absolute atomic E-state index is 0.00126. The van der Waals surface area contributed by atoms with Crippen LogP contribution in [0.25, 0.3) is 0 Å². The average molecular weight is 364 g/mol. The largest absolute Gasteiger partial charge is 0.490 e. The Labute approximate surface area is 141 Å². The second-order valence-corrected chi connectivity index (χ2v) is 5.91. The normalized spacial score (nSPS) is 20.5. The lowest BCUT2D eigenvalue weighted by molar-refractivity contribution is -0.192. The zero-order valence-electron chi connectivity index (χ0n) is 13.3. The number of amides is 1. The van der Waals surface area contributed by atoms with Crippen LogP contribution < -0.4 is 5.32 Å². The van der Waals surface area contributed by atoms with Gasteiger partial charge in [0.2, 0.25) is 5.91 Å². The summed E-state index contributed by atoms with van der Waals surface area (Å²) in [6.45, 7) is 3.68. The Balaban J connectivity index is 0.000000277. The third-order valence-corrected chi connectivity index (χ3v) is 4.09. The van der Waals surface area contributed by atoms with Crippen molar-refractivity contribution >= 4 is 11.9 Å². The minimum Gasteiger partial charge on any atom is -0.475 e. The molecule has 0 aliphatic carbocycles. The zero-order valence-corrected chi connectivity index (χ0v) is 13.3. The van der Waals surface area contributed by atoms with Crippen molar-refractivity contribution in [3.05, 3.63) is 24.2 Å². The molecule has 0 unspecified atom stereocenters. The number of likely N-dealkylation sites (tertiary alicyclic amines) is 1. The Hall–Kier alpha value is -2.07. The van der Waals surface area contributed by atoms with Crippen molar-refractivity contribution in [1.29, 1.82) is 0 Å². The number of hydrogen-bond donors (Lipinski definition) is 2. The molecule has 1 amide bonds. The van der Waals surface area contributed by atoms with Gasteiger partial charge < -0.3 is 19.6 Å². The summed E-state index contributed by atoms with van der Waals surface area (Å²) in [6.07, 6.45) is -1.44. The predicted octanol–water partition coefficient (Wildman–Crippen LogP) is 1.39. The van der Waals surface area contributed by atoms with Gasteiger partial charge in [-0.2, -0.15) is 13.2 Å². The first-order valence-corrected chi connectivity index (χ1v) is 7.66. The number of furan rings is 1.